The minimum atomic E-state index is -0.549. The molecule has 0 spiro atoms. The smallest absolute Gasteiger partial charge is 0.0898 e. The van der Waals surface area contributed by atoms with Crippen LogP contribution in [-0.2, 0) is 9.47 Å². The van der Waals surface area contributed by atoms with Crippen molar-refractivity contribution in [3.63, 3.8) is 0 Å². The highest BCUT2D eigenvalue weighted by molar-refractivity contribution is 4.78. The number of nitrogens with one attached hydrogen (secondary N) is 1. The molecule has 0 aliphatic heterocycles. The molecule has 0 rings (SSSR count). The van der Waals surface area contributed by atoms with Crippen molar-refractivity contribution in [2.45, 2.75) is 44.9 Å². The van der Waals surface area contributed by atoms with Crippen LogP contribution >= 0.6 is 0 Å². The topological polar surface area (TPSA) is 71.0 Å². The van der Waals surface area contributed by atoms with E-state index in [1.54, 1.807) is 7.11 Å². The molecule has 3 N–H and O–H groups in total. The lowest BCUT2D eigenvalue weighted by molar-refractivity contribution is -0.0325. The van der Waals surface area contributed by atoms with E-state index in [2.05, 4.69) is 5.32 Å². The standard InChI is InChI=1S/C12H27NO4/c1-10(8-16-4)17-9-11(15)7-13-12(2,3)5-6-14/h10-11,13-15H,5-9H2,1-4H3. The maximum atomic E-state index is 9.71. The molecule has 0 saturated heterocycles. The van der Waals surface area contributed by atoms with Gasteiger partial charge in [0.15, 0.2) is 0 Å². The van der Waals surface area contributed by atoms with Gasteiger partial charge in [-0.25, -0.2) is 0 Å². The van der Waals surface area contributed by atoms with Gasteiger partial charge >= 0.3 is 0 Å². The molecule has 5 nitrogen and oxygen atoms in total. The molecular weight excluding hydrogens is 222 g/mol. The SMILES string of the molecule is COCC(C)OCC(O)CNC(C)(C)CCO. The second-order valence-corrected chi connectivity index (χ2v) is 4.99. The summed E-state index contributed by atoms with van der Waals surface area (Å²) in [6.45, 7) is 7.28. The molecule has 0 aromatic heterocycles. The van der Waals surface area contributed by atoms with Gasteiger partial charge in [-0.05, 0) is 27.2 Å². The summed E-state index contributed by atoms with van der Waals surface area (Å²) in [5, 5.41) is 21.8. The van der Waals surface area contributed by atoms with Crippen molar-refractivity contribution in [3.8, 4) is 0 Å². The van der Waals surface area contributed by atoms with Crippen LogP contribution in [0.15, 0.2) is 0 Å². The molecule has 0 aliphatic rings. The van der Waals surface area contributed by atoms with E-state index in [1.807, 2.05) is 20.8 Å². The Morgan fingerprint density at radius 2 is 1.94 bits per heavy atom. The summed E-state index contributed by atoms with van der Waals surface area (Å²) in [6.07, 6.45) is 0.0908. The maximum absolute atomic E-state index is 9.71. The van der Waals surface area contributed by atoms with E-state index < -0.39 is 6.10 Å². The van der Waals surface area contributed by atoms with Gasteiger partial charge in [0.05, 0.1) is 25.4 Å². The van der Waals surface area contributed by atoms with E-state index in [-0.39, 0.29) is 24.9 Å². The predicted molar refractivity (Wildman–Crippen MR) is 67.1 cm³/mol. The number of ether oxygens (including phenoxy) is 2. The number of hydrogen-bond donors (Lipinski definition) is 3. The first-order chi connectivity index (χ1) is 7.91. The average molecular weight is 249 g/mol. The zero-order valence-corrected chi connectivity index (χ0v) is 11.4. The summed E-state index contributed by atoms with van der Waals surface area (Å²) >= 11 is 0. The summed E-state index contributed by atoms with van der Waals surface area (Å²) in [7, 11) is 1.62. The Bertz CT molecular complexity index is 187. The highest BCUT2D eigenvalue weighted by atomic mass is 16.5. The quantitative estimate of drug-likeness (QED) is 0.514. The number of aliphatic hydroxyl groups is 2. The van der Waals surface area contributed by atoms with Gasteiger partial charge in [-0.15, -0.1) is 0 Å². The molecule has 0 aromatic carbocycles. The van der Waals surface area contributed by atoms with E-state index in [0.29, 0.717) is 19.6 Å². The zero-order valence-electron chi connectivity index (χ0n) is 11.4. The van der Waals surface area contributed by atoms with Crippen molar-refractivity contribution in [3.05, 3.63) is 0 Å². The first kappa shape index (κ1) is 16.8. The third kappa shape index (κ3) is 9.50. The summed E-state index contributed by atoms with van der Waals surface area (Å²) in [6, 6.07) is 0. The van der Waals surface area contributed by atoms with E-state index in [4.69, 9.17) is 14.6 Å². The van der Waals surface area contributed by atoms with Crippen molar-refractivity contribution in [2.75, 3.05) is 33.5 Å². The van der Waals surface area contributed by atoms with Crippen LogP contribution in [-0.4, -0.2) is 61.4 Å². The monoisotopic (exact) mass is 249 g/mol. The molecule has 0 fully saturated rings. The molecule has 5 heteroatoms. The third-order valence-corrected chi connectivity index (χ3v) is 2.53. The zero-order chi connectivity index (χ0) is 13.3. The Morgan fingerprint density at radius 3 is 2.47 bits per heavy atom. The Labute approximate surface area is 104 Å². The Morgan fingerprint density at radius 1 is 1.29 bits per heavy atom. The van der Waals surface area contributed by atoms with Gasteiger partial charge in [0, 0.05) is 25.8 Å². The van der Waals surface area contributed by atoms with Crippen molar-refractivity contribution in [1.82, 2.24) is 5.32 Å². The second-order valence-electron chi connectivity index (χ2n) is 4.99. The first-order valence-corrected chi connectivity index (χ1v) is 6.05. The van der Waals surface area contributed by atoms with Gasteiger partial charge in [-0.3, -0.25) is 0 Å². The van der Waals surface area contributed by atoms with Crippen LogP contribution in [0.2, 0.25) is 0 Å². The van der Waals surface area contributed by atoms with E-state index >= 15 is 0 Å². The maximum Gasteiger partial charge on any atom is 0.0898 e. The van der Waals surface area contributed by atoms with Gasteiger partial charge in [-0.1, -0.05) is 0 Å². The van der Waals surface area contributed by atoms with Crippen LogP contribution in [0.25, 0.3) is 0 Å². The summed E-state index contributed by atoms with van der Waals surface area (Å²) in [5.41, 5.74) is -0.173. The van der Waals surface area contributed by atoms with Gasteiger partial charge in [0.1, 0.15) is 0 Å². The third-order valence-electron chi connectivity index (χ3n) is 2.53. The van der Waals surface area contributed by atoms with Gasteiger partial charge in [0.2, 0.25) is 0 Å². The van der Waals surface area contributed by atoms with E-state index in [0.717, 1.165) is 0 Å². The van der Waals surface area contributed by atoms with E-state index in [9.17, 15) is 5.11 Å². The summed E-state index contributed by atoms with van der Waals surface area (Å²) < 4.78 is 10.3. The van der Waals surface area contributed by atoms with Crippen LogP contribution in [0.1, 0.15) is 27.2 Å². The minimum Gasteiger partial charge on any atom is -0.396 e. The molecule has 0 amide bonds. The van der Waals surface area contributed by atoms with E-state index in [1.165, 1.54) is 0 Å². The van der Waals surface area contributed by atoms with Gasteiger partial charge in [-0.2, -0.15) is 0 Å². The number of aliphatic hydroxyl groups excluding tert-OH is 2. The largest absolute Gasteiger partial charge is 0.396 e. The van der Waals surface area contributed by atoms with Crippen LogP contribution in [0.3, 0.4) is 0 Å². The number of rotatable bonds is 10. The van der Waals surface area contributed by atoms with Crippen molar-refractivity contribution in [1.29, 1.82) is 0 Å². The lowest BCUT2D eigenvalue weighted by Gasteiger charge is -2.27. The molecule has 0 heterocycles. The molecule has 0 aromatic rings. The molecule has 104 valence electrons. The molecule has 2 unspecified atom stereocenters. The average Bonchev–Trinajstić information content (AvgIpc) is 2.24. The Balaban J connectivity index is 3.68. The number of β-amino-alcohol motifs (C(OH)–C–C–N with tert-alkyl or cyclic N) is 1. The fourth-order valence-electron chi connectivity index (χ4n) is 1.38. The lowest BCUT2D eigenvalue weighted by Crippen LogP contribution is -2.45. The minimum absolute atomic E-state index is 0.0138. The molecule has 0 bridgehead atoms. The lowest BCUT2D eigenvalue weighted by atomic mass is 10.0. The molecular formula is C12H27NO4. The van der Waals surface area contributed by atoms with Crippen LogP contribution in [0.4, 0.5) is 0 Å². The number of methoxy groups -OCH3 is 1. The van der Waals surface area contributed by atoms with Crippen molar-refractivity contribution >= 4 is 0 Å². The van der Waals surface area contributed by atoms with Gasteiger partial charge < -0.3 is 25.0 Å². The van der Waals surface area contributed by atoms with Gasteiger partial charge in [0.25, 0.3) is 0 Å². The summed E-state index contributed by atoms with van der Waals surface area (Å²) in [5.74, 6) is 0. The normalized spacial score (nSPS) is 15.9. The Kier molecular flexibility index (Phi) is 8.72. The number of hydrogen-bond acceptors (Lipinski definition) is 5. The van der Waals surface area contributed by atoms with Crippen LogP contribution < -0.4 is 5.32 Å². The molecule has 2 atom stereocenters. The highest BCUT2D eigenvalue weighted by Crippen LogP contribution is 2.07. The first-order valence-electron chi connectivity index (χ1n) is 6.05. The summed E-state index contributed by atoms with van der Waals surface area (Å²) in [4.78, 5) is 0. The fourth-order valence-corrected chi connectivity index (χ4v) is 1.38. The second kappa shape index (κ2) is 8.83. The molecule has 0 saturated carbocycles. The predicted octanol–water partition coefficient (Wildman–Crippen LogP) is 0.149. The van der Waals surface area contributed by atoms with Crippen molar-refractivity contribution < 1.29 is 19.7 Å². The van der Waals surface area contributed by atoms with Crippen LogP contribution in [0.5, 0.6) is 0 Å². The van der Waals surface area contributed by atoms with Crippen LogP contribution in [0, 0.1) is 0 Å². The highest BCUT2D eigenvalue weighted by Gasteiger charge is 2.18. The van der Waals surface area contributed by atoms with Crippen molar-refractivity contribution in [2.24, 2.45) is 0 Å². The molecule has 17 heavy (non-hydrogen) atoms. The Hall–Kier alpha value is -0.200. The molecule has 0 aliphatic carbocycles. The fraction of sp³-hybridized carbons (Fsp3) is 1.00. The molecule has 0 radical (unpaired) electrons.